The topological polar surface area (TPSA) is 35.5 Å². The number of hydrogen-bond acceptors (Lipinski definition) is 3. The SMILES string of the molecule is Cc1cc(C(=O)C2CC2c2ccc3c(c2)OCO3)ccc1F. The van der Waals surface area contributed by atoms with Crippen molar-refractivity contribution >= 4 is 5.78 Å². The number of rotatable bonds is 3. The van der Waals surface area contributed by atoms with E-state index in [-0.39, 0.29) is 30.2 Å². The van der Waals surface area contributed by atoms with Crippen LogP contribution in [-0.2, 0) is 0 Å². The summed E-state index contributed by atoms with van der Waals surface area (Å²) in [4.78, 5) is 12.5. The van der Waals surface area contributed by atoms with Crippen LogP contribution in [0.15, 0.2) is 36.4 Å². The first-order chi connectivity index (χ1) is 10.6. The fourth-order valence-electron chi connectivity index (χ4n) is 3.01. The van der Waals surface area contributed by atoms with Gasteiger partial charge >= 0.3 is 0 Å². The average molecular weight is 298 g/mol. The zero-order chi connectivity index (χ0) is 15.3. The third-order valence-electron chi connectivity index (χ3n) is 4.39. The lowest BCUT2D eigenvalue weighted by atomic mass is 10.0. The predicted molar refractivity (Wildman–Crippen MR) is 78.9 cm³/mol. The lowest BCUT2D eigenvalue weighted by molar-refractivity contribution is 0.0965. The second kappa shape index (κ2) is 4.83. The molecular formula is C18H15FO3. The van der Waals surface area contributed by atoms with Crippen molar-refractivity contribution in [3.05, 3.63) is 58.9 Å². The van der Waals surface area contributed by atoms with Crippen molar-refractivity contribution in [3.63, 3.8) is 0 Å². The van der Waals surface area contributed by atoms with Gasteiger partial charge in [0.15, 0.2) is 17.3 Å². The van der Waals surface area contributed by atoms with E-state index in [0.29, 0.717) is 11.1 Å². The number of carbonyl (C=O) groups is 1. The fourth-order valence-corrected chi connectivity index (χ4v) is 3.01. The average Bonchev–Trinajstić information content (AvgIpc) is 3.18. The summed E-state index contributed by atoms with van der Waals surface area (Å²) in [5.74, 6) is 1.50. The van der Waals surface area contributed by atoms with Crippen molar-refractivity contribution in [3.8, 4) is 11.5 Å². The highest BCUT2D eigenvalue weighted by Gasteiger charge is 2.44. The van der Waals surface area contributed by atoms with Gasteiger partial charge in [-0.3, -0.25) is 4.79 Å². The van der Waals surface area contributed by atoms with Crippen LogP contribution >= 0.6 is 0 Å². The second-order valence-corrected chi connectivity index (χ2v) is 5.89. The molecule has 0 N–H and O–H groups in total. The van der Waals surface area contributed by atoms with Gasteiger partial charge < -0.3 is 9.47 Å². The van der Waals surface area contributed by atoms with Gasteiger partial charge in [-0.1, -0.05) is 6.07 Å². The van der Waals surface area contributed by atoms with Crippen molar-refractivity contribution in [2.24, 2.45) is 5.92 Å². The molecule has 3 nitrogen and oxygen atoms in total. The number of benzene rings is 2. The van der Waals surface area contributed by atoms with Crippen LogP contribution in [0.4, 0.5) is 4.39 Å². The molecule has 1 saturated carbocycles. The van der Waals surface area contributed by atoms with Crippen molar-refractivity contribution in [2.45, 2.75) is 19.3 Å². The molecule has 0 radical (unpaired) electrons. The van der Waals surface area contributed by atoms with Gasteiger partial charge in [0, 0.05) is 11.5 Å². The molecule has 112 valence electrons. The molecule has 22 heavy (non-hydrogen) atoms. The second-order valence-electron chi connectivity index (χ2n) is 5.89. The van der Waals surface area contributed by atoms with E-state index < -0.39 is 0 Å². The number of Topliss-reactive ketones (excluding diaryl/α,β-unsaturated/α-hetero) is 1. The van der Waals surface area contributed by atoms with E-state index in [1.54, 1.807) is 19.1 Å². The maximum atomic E-state index is 13.3. The van der Waals surface area contributed by atoms with E-state index >= 15 is 0 Å². The van der Waals surface area contributed by atoms with Crippen LogP contribution in [0, 0.1) is 18.7 Å². The van der Waals surface area contributed by atoms with Gasteiger partial charge in [0.25, 0.3) is 0 Å². The van der Waals surface area contributed by atoms with Crippen molar-refractivity contribution < 1.29 is 18.7 Å². The Morgan fingerprint density at radius 2 is 1.95 bits per heavy atom. The van der Waals surface area contributed by atoms with Crippen LogP contribution in [0.5, 0.6) is 11.5 Å². The Balaban J connectivity index is 1.54. The molecule has 0 bridgehead atoms. The smallest absolute Gasteiger partial charge is 0.231 e. The molecule has 2 atom stereocenters. The molecule has 0 aromatic heterocycles. The highest BCUT2D eigenvalue weighted by molar-refractivity contribution is 6.00. The fraction of sp³-hybridized carbons (Fsp3) is 0.278. The first kappa shape index (κ1) is 13.3. The number of ether oxygens (including phenoxy) is 2. The Hall–Kier alpha value is -2.36. The van der Waals surface area contributed by atoms with E-state index in [1.165, 1.54) is 6.07 Å². The number of aryl methyl sites for hydroxylation is 1. The first-order valence-corrected chi connectivity index (χ1v) is 7.33. The first-order valence-electron chi connectivity index (χ1n) is 7.33. The van der Waals surface area contributed by atoms with Crippen LogP contribution in [-0.4, -0.2) is 12.6 Å². The quantitative estimate of drug-likeness (QED) is 0.807. The van der Waals surface area contributed by atoms with Crippen LogP contribution in [0.2, 0.25) is 0 Å². The lowest BCUT2D eigenvalue weighted by Crippen LogP contribution is -2.04. The summed E-state index contributed by atoms with van der Waals surface area (Å²) in [5, 5.41) is 0. The van der Waals surface area contributed by atoms with Gasteiger partial charge in [-0.15, -0.1) is 0 Å². The van der Waals surface area contributed by atoms with Crippen molar-refractivity contribution in [2.75, 3.05) is 6.79 Å². The van der Waals surface area contributed by atoms with Gasteiger partial charge in [0.2, 0.25) is 6.79 Å². The minimum Gasteiger partial charge on any atom is -0.454 e. The number of hydrogen-bond donors (Lipinski definition) is 0. The normalized spacial score (nSPS) is 21.7. The van der Waals surface area contributed by atoms with Crippen LogP contribution < -0.4 is 9.47 Å². The Kier molecular flexibility index (Phi) is 2.93. The molecule has 1 heterocycles. The molecule has 4 rings (SSSR count). The molecule has 2 aromatic rings. The summed E-state index contributed by atoms with van der Waals surface area (Å²) in [6, 6.07) is 10.4. The maximum Gasteiger partial charge on any atom is 0.231 e. The molecule has 4 heteroatoms. The Morgan fingerprint density at radius 1 is 1.14 bits per heavy atom. The minimum absolute atomic E-state index is 0.0229. The van der Waals surface area contributed by atoms with Crippen LogP contribution in [0.25, 0.3) is 0 Å². The maximum absolute atomic E-state index is 13.3. The van der Waals surface area contributed by atoms with E-state index in [4.69, 9.17) is 9.47 Å². The van der Waals surface area contributed by atoms with Crippen molar-refractivity contribution in [1.82, 2.24) is 0 Å². The summed E-state index contributed by atoms with van der Waals surface area (Å²) in [7, 11) is 0. The minimum atomic E-state index is -0.278. The third-order valence-corrected chi connectivity index (χ3v) is 4.39. The molecule has 1 aliphatic carbocycles. The largest absolute Gasteiger partial charge is 0.454 e. The zero-order valence-corrected chi connectivity index (χ0v) is 12.1. The van der Waals surface area contributed by atoms with Gasteiger partial charge in [-0.05, 0) is 60.7 Å². The van der Waals surface area contributed by atoms with Crippen LogP contribution in [0.3, 0.4) is 0 Å². The number of fused-ring (bicyclic) bond motifs is 1. The van der Waals surface area contributed by atoms with E-state index in [9.17, 15) is 9.18 Å². The summed E-state index contributed by atoms with van der Waals surface area (Å²) in [6.45, 7) is 1.93. The molecule has 0 saturated heterocycles. The lowest BCUT2D eigenvalue weighted by Gasteiger charge is -2.04. The molecular weight excluding hydrogens is 283 g/mol. The van der Waals surface area contributed by atoms with Gasteiger partial charge in [0.05, 0.1) is 0 Å². The highest BCUT2D eigenvalue weighted by Crippen LogP contribution is 2.51. The molecule has 1 fully saturated rings. The number of carbonyl (C=O) groups excluding carboxylic acids is 1. The van der Waals surface area contributed by atoms with Crippen molar-refractivity contribution in [1.29, 1.82) is 0 Å². The standard InChI is InChI=1S/C18H15FO3/c1-10-6-12(2-4-15(10)19)18(20)14-8-13(14)11-3-5-16-17(7-11)22-9-21-16/h2-7,13-14H,8-9H2,1H3. The molecule has 1 aliphatic heterocycles. The van der Waals surface area contributed by atoms with E-state index in [1.807, 2.05) is 18.2 Å². The Bertz CT molecular complexity index is 769. The van der Waals surface area contributed by atoms with Crippen LogP contribution in [0.1, 0.15) is 33.8 Å². The monoisotopic (exact) mass is 298 g/mol. The number of ketones is 1. The Labute approximate surface area is 127 Å². The van der Waals surface area contributed by atoms with Gasteiger partial charge in [-0.25, -0.2) is 4.39 Å². The highest BCUT2D eigenvalue weighted by atomic mass is 19.1. The molecule has 2 unspecified atom stereocenters. The number of halogens is 1. The molecule has 0 spiro atoms. The van der Waals surface area contributed by atoms with E-state index in [0.717, 1.165) is 23.5 Å². The summed E-state index contributed by atoms with van der Waals surface area (Å²) in [6.07, 6.45) is 0.828. The predicted octanol–water partition coefficient (Wildman–Crippen LogP) is 3.85. The molecule has 2 aromatic carbocycles. The van der Waals surface area contributed by atoms with E-state index in [2.05, 4.69) is 0 Å². The summed E-state index contributed by atoms with van der Waals surface area (Å²) in [5.41, 5.74) is 2.19. The van der Waals surface area contributed by atoms with Gasteiger partial charge in [0.1, 0.15) is 5.82 Å². The summed E-state index contributed by atoms with van der Waals surface area (Å²) >= 11 is 0. The summed E-state index contributed by atoms with van der Waals surface area (Å²) < 4.78 is 24.0. The zero-order valence-electron chi connectivity index (χ0n) is 12.1. The third kappa shape index (κ3) is 2.15. The Morgan fingerprint density at radius 3 is 2.77 bits per heavy atom. The van der Waals surface area contributed by atoms with Gasteiger partial charge in [-0.2, -0.15) is 0 Å². The molecule has 0 amide bonds. The molecule has 2 aliphatic rings.